The predicted octanol–water partition coefficient (Wildman–Crippen LogP) is 3.38. The largest absolute Gasteiger partial charge is 0.478 e. The zero-order valence-corrected chi connectivity index (χ0v) is 28.7. The van der Waals surface area contributed by atoms with Crippen molar-refractivity contribution in [1.82, 2.24) is 4.58 Å². The van der Waals surface area contributed by atoms with Gasteiger partial charge in [0.25, 0.3) is 0 Å². The van der Waals surface area contributed by atoms with E-state index in [1.54, 1.807) is 6.07 Å². The molecule has 5 aliphatic heterocycles. The van der Waals surface area contributed by atoms with Crippen LogP contribution in [-0.4, -0.2) is 61.0 Å². The van der Waals surface area contributed by atoms with Crippen LogP contribution >= 0.6 is 0 Å². The number of carboxylic acids is 1. The lowest BCUT2D eigenvalue weighted by Crippen LogP contribution is -2.69. The second-order valence-electron chi connectivity index (χ2n) is 14.1. The highest BCUT2D eigenvalue weighted by molar-refractivity contribution is 7.85. The van der Waals surface area contributed by atoms with Crippen molar-refractivity contribution in [2.75, 3.05) is 42.6 Å². The SMILES string of the molecule is CCCS(=O)CC[Si]1(C)c2c(cc3c4c2CCCN4CCC3)C(c2ccccc2C(=O)O)=c2cc3c4c(c21)CCC[N+]=4CCC3. The van der Waals surface area contributed by atoms with E-state index in [9.17, 15) is 14.1 Å². The summed E-state index contributed by atoms with van der Waals surface area (Å²) in [6.45, 7) is 9.24. The van der Waals surface area contributed by atoms with Crippen molar-refractivity contribution in [3.8, 4) is 0 Å². The number of hydrogen-bond donors (Lipinski definition) is 1. The molecule has 0 fully saturated rings. The van der Waals surface area contributed by atoms with Crippen molar-refractivity contribution in [2.24, 2.45) is 0 Å². The number of rotatable bonds is 7. The van der Waals surface area contributed by atoms with Gasteiger partial charge in [0.1, 0.15) is 21.2 Å². The van der Waals surface area contributed by atoms with E-state index >= 15 is 0 Å². The summed E-state index contributed by atoms with van der Waals surface area (Å²) in [5.74, 6) is 0.651. The Balaban J connectivity index is 1.56. The normalized spacial score (nSPS) is 21.9. The van der Waals surface area contributed by atoms with Gasteiger partial charge >= 0.3 is 5.97 Å². The molecular weight excluding hydrogens is 593 g/mol. The van der Waals surface area contributed by atoms with Crippen LogP contribution in [0.2, 0.25) is 12.6 Å². The maximum atomic E-state index is 13.4. The molecule has 2 atom stereocenters. The number of carbonyl (C=O) groups is 1. The maximum Gasteiger partial charge on any atom is 0.336 e. The summed E-state index contributed by atoms with van der Waals surface area (Å²) in [6.07, 6.45) is 9.93. The first-order valence-corrected chi connectivity index (χ1v) is 21.5. The Kier molecular flexibility index (Phi) is 7.40. The fourth-order valence-corrected chi connectivity index (χ4v) is 17.1. The van der Waals surface area contributed by atoms with Gasteiger partial charge in [-0.05, 0) is 113 Å². The van der Waals surface area contributed by atoms with Gasteiger partial charge < -0.3 is 10.0 Å². The Morgan fingerprint density at radius 3 is 2.44 bits per heavy atom. The molecule has 0 aromatic heterocycles. The van der Waals surface area contributed by atoms with Gasteiger partial charge in [-0.2, -0.15) is 0 Å². The van der Waals surface area contributed by atoms with E-state index in [2.05, 4.69) is 41.1 Å². The van der Waals surface area contributed by atoms with Gasteiger partial charge in [0, 0.05) is 65.1 Å². The second-order valence-corrected chi connectivity index (χ2v) is 20.0. The minimum Gasteiger partial charge on any atom is -0.478 e. The van der Waals surface area contributed by atoms with Crippen molar-refractivity contribution in [2.45, 2.75) is 77.3 Å². The summed E-state index contributed by atoms with van der Waals surface area (Å²) in [4.78, 5) is 15.5. The molecule has 5 heterocycles. The molecule has 0 aliphatic carbocycles. The number of aryl methyl sites for hydroxylation is 2. The van der Waals surface area contributed by atoms with Gasteiger partial charge in [-0.3, -0.25) is 4.21 Å². The Bertz CT molecular complexity index is 1910. The van der Waals surface area contributed by atoms with Crippen LogP contribution in [-0.2, 0) is 36.5 Å². The Morgan fingerprint density at radius 2 is 1.64 bits per heavy atom. The highest BCUT2D eigenvalue weighted by Crippen LogP contribution is 2.40. The van der Waals surface area contributed by atoms with E-state index in [1.807, 2.05) is 12.1 Å². The average molecular weight is 638 g/mol. The fraction of sp³-hybridized carbons (Fsp3) is 0.474. The predicted molar refractivity (Wildman–Crippen MR) is 187 cm³/mol. The summed E-state index contributed by atoms with van der Waals surface area (Å²) in [5, 5.41) is 16.4. The molecule has 5 aliphatic rings. The third-order valence-electron chi connectivity index (χ3n) is 11.4. The van der Waals surface area contributed by atoms with Gasteiger partial charge in [0.2, 0.25) is 5.36 Å². The van der Waals surface area contributed by atoms with Crippen molar-refractivity contribution in [3.05, 3.63) is 85.9 Å². The van der Waals surface area contributed by atoms with Crippen LogP contribution in [0.15, 0.2) is 36.4 Å². The third kappa shape index (κ3) is 4.55. The molecule has 0 amide bonds. The van der Waals surface area contributed by atoms with Crippen LogP contribution in [0.1, 0.15) is 82.8 Å². The first-order chi connectivity index (χ1) is 21.9. The number of aromatic carboxylic acids is 1. The van der Waals surface area contributed by atoms with E-state index < -0.39 is 24.8 Å². The number of benzene rings is 3. The van der Waals surface area contributed by atoms with Crippen molar-refractivity contribution in [3.63, 3.8) is 0 Å². The molecule has 5 nitrogen and oxygen atoms in total. The minimum atomic E-state index is -2.44. The number of anilines is 1. The first kappa shape index (κ1) is 29.4. The second kappa shape index (κ2) is 11.3. The van der Waals surface area contributed by atoms with Crippen molar-refractivity contribution < 1.29 is 14.1 Å². The van der Waals surface area contributed by atoms with Gasteiger partial charge in [-0.1, -0.05) is 31.7 Å². The molecule has 45 heavy (non-hydrogen) atoms. The van der Waals surface area contributed by atoms with Crippen LogP contribution in [0.4, 0.5) is 5.69 Å². The van der Waals surface area contributed by atoms with E-state index in [0.717, 1.165) is 99.8 Å². The average Bonchev–Trinajstić information content (AvgIpc) is 3.04. The topological polar surface area (TPSA) is 60.6 Å². The number of nitrogens with zero attached hydrogens (tertiary/aromatic N) is 2. The summed E-state index contributed by atoms with van der Waals surface area (Å²) >= 11 is 0. The Hall–Kier alpha value is -3.03. The minimum absolute atomic E-state index is 0.389. The molecule has 3 aromatic rings. The van der Waals surface area contributed by atoms with Crippen molar-refractivity contribution in [1.29, 1.82) is 0 Å². The highest BCUT2D eigenvalue weighted by Gasteiger charge is 2.46. The molecular formula is C38H45N2O3SSi+. The van der Waals surface area contributed by atoms with Crippen LogP contribution in [0.5, 0.6) is 0 Å². The molecule has 0 bridgehead atoms. The molecule has 7 heteroatoms. The molecule has 0 saturated carbocycles. The van der Waals surface area contributed by atoms with Gasteiger partial charge in [0.15, 0.2) is 0 Å². The monoisotopic (exact) mass is 637 g/mol. The molecule has 8 rings (SSSR count). The first-order valence-electron chi connectivity index (χ1n) is 17.3. The standard InChI is InChI=1S/C38H44N2O3SSi/c1-3-20-44(43)21-22-45(2)36-29-14-8-18-39-16-6-10-25(34(29)39)23-31(36)33(27-12-4-5-13-28(27)38(41)42)32-24-26-11-7-17-40-19-9-15-30(35(26)40)37(32)45/h4-5,12-13,23-24H,3,6-11,14-22H2,1-2H3/p+1. The van der Waals surface area contributed by atoms with Crippen LogP contribution < -0.4 is 30.4 Å². The summed E-state index contributed by atoms with van der Waals surface area (Å²) in [5.41, 5.74) is 11.1. The van der Waals surface area contributed by atoms with Gasteiger partial charge in [-0.25, -0.2) is 9.37 Å². The molecule has 2 unspecified atom stereocenters. The highest BCUT2D eigenvalue weighted by atomic mass is 32.2. The summed E-state index contributed by atoms with van der Waals surface area (Å²) in [7, 11) is -3.28. The molecule has 3 aromatic carbocycles. The maximum absolute atomic E-state index is 13.4. The smallest absolute Gasteiger partial charge is 0.336 e. The lowest BCUT2D eigenvalue weighted by molar-refractivity contribution is 0.0696. The molecule has 0 saturated heterocycles. The van der Waals surface area contributed by atoms with Gasteiger partial charge in [0.05, 0.1) is 5.56 Å². The third-order valence-corrected chi connectivity index (χ3v) is 17.9. The fourth-order valence-electron chi connectivity index (χ4n) is 9.72. The summed E-state index contributed by atoms with van der Waals surface area (Å²) in [6, 6.07) is 13.7. The number of hydrogen-bond acceptors (Lipinski definition) is 3. The Morgan fingerprint density at radius 1 is 0.911 bits per heavy atom. The number of fused-ring (bicyclic) bond motifs is 4. The van der Waals surface area contributed by atoms with E-state index in [0.29, 0.717) is 5.56 Å². The lowest BCUT2D eigenvalue weighted by Gasteiger charge is -2.45. The zero-order valence-electron chi connectivity index (χ0n) is 26.8. The van der Waals surface area contributed by atoms with Gasteiger partial charge in [-0.15, -0.1) is 0 Å². The molecule has 0 spiro atoms. The lowest BCUT2D eigenvalue weighted by atomic mass is 9.83. The summed E-state index contributed by atoms with van der Waals surface area (Å²) < 4.78 is 16.1. The molecule has 0 radical (unpaired) electrons. The molecule has 1 N–H and O–H groups in total. The van der Waals surface area contributed by atoms with E-state index in [1.165, 1.54) is 67.3 Å². The van der Waals surface area contributed by atoms with Crippen LogP contribution in [0.25, 0.3) is 5.57 Å². The Labute approximate surface area is 270 Å². The van der Waals surface area contributed by atoms with Crippen molar-refractivity contribution >= 4 is 46.5 Å². The molecule has 234 valence electrons. The van der Waals surface area contributed by atoms with E-state index in [-0.39, 0.29) is 0 Å². The number of carboxylic acid groups (broad SMARTS) is 1. The van der Waals surface area contributed by atoms with E-state index in [4.69, 9.17) is 0 Å². The van der Waals surface area contributed by atoms with Crippen LogP contribution in [0, 0.1) is 0 Å². The quantitative estimate of drug-likeness (QED) is 0.319. The zero-order chi connectivity index (χ0) is 30.9. The van der Waals surface area contributed by atoms with Crippen LogP contribution in [0.3, 0.4) is 0 Å².